The van der Waals surface area contributed by atoms with E-state index in [-0.39, 0.29) is 0 Å². The van der Waals surface area contributed by atoms with Crippen molar-refractivity contribution in [3.8, 4) is 11.3 Å². The van der Waals surface area contributed by atoms with E-state index >= 15 is 0 Å². The topological polar surface area (TPSA) is 67.1 Å². The van der Waals surface area contributed by atoms with Gasteiger partial charge in [0.1, 0.15) is 5.82 Å². The number of hydrogen-bond acceptors (Lipinski definition) is 5. The molecule has 1 aromatic heterocycles. The third-order valence-corrected chi connectivity index (χ3v) is 3.69. The monoisotopic (exact) mass is 269 g/mol. The first-order chi connectivity index (χ1) is 9.65. The number of benzene rings is 1. The Morgan fingerprint density at radius 1 is 1.20 bits per heavy atom. The molecule has 0 radical (unpaired) electrons. The van der Waals surface area contributed by atoms with E-state index in [1.165, 1.54) is 5.56 Å². The van der Waals surface area contributed by atoms with Crippen LogP contribution in [0.2, 0.25) is 0 Å². The molecule has 1 aliphatic heterocycles. The molecule has 5 nitrogen and oxygen atoms in total. The smallest absolute Gasteiger partial charge is 0.222 e. The van der Waals surface area contributed by atoms with Gasteiger partial charge in [0.25, 0.3) is 0 Å². The van der Waals surface area contributed by atoms with Crippen molar-refractivity contribution in [2.24, 2.45) is 0 Å². The average molecular weight is 269 g/mol. The number of hydrogen-bond donors (Lipinski definition) is 2. The van der Waals surface area contributed by atoms with Gasteiger partial charge in [0, 0.05) is 30.8 Å². The molecular weight excluding hydrogens is 250 g/mol. The van der Waals surface area contributed by atoms with Crippen LogP contribution in [0.5, 0.6) is 0 Å². The van der Waals surface area contributed by atoms with E-state index in [9.17, 15) is 0 Å². The fourth-order valence-corrected chi connectivity index (χ4v) is 2.34. The summed E-state index contributed by atoms with van der Waals surface area (Å²) in [5.41, 5.74) is 9.02. The standard InChI is InChI=1S/C15H19N5/c1-10-3-5-11(6-4-10)13-7-14(19-15(16)18-13)20-8-12(9-20)17-2/h3-7,12,17H,8-9H2,1-2H3,(H2,16,18,19). The Morgan fingerprint density at radius 2 is 1.90 bits per heavy atom. The molecule has 0 saturated carbocycles. The third kappa shape index (κ3) is 2.44. The number of aryl methyl sites for hydroxylation is 1. The second-order valence-corrected chi connectivity index (χ2v) is 5.23. The number of aromatic nitrogens is 2. The van der Waals surface area contributed by atoms with Crippen LogP contribution in [0.15, 0.2) is 30.3 Å². The van der Waals surface area contributed by atoms with Crippen molar-refractivity contribution in [2.75, 3.05) is 30.8 Å². The highest BCUT2D eigenvalue weighted by Gasteiger charge is 2.26. The zero-order valence-corrected chi connectivity index (χ0v) is 11.8. The largest absolute Gasteiger partial charge is 0.368 e. The van der Waals surface area contributed by atoms with Gasteiger partial charge in [0.2, 0.25) is 5.95 Å². The van der Waals surface area contributed by atoms with Crippen LogP contribution in [-0.4, -0.2) is 36.1 Å². The number of anilines is 2. The number of nitrogens with two attached hydrogens (primary N) is 1. The lowest BCUT2D eigenvalue weighted by atomic mass is 10.1. The van der Waals surface area contributed by atoms with Gasteiger partial charge >= 0.3 is 0 Å². The molecule has 1 fully saturated rings. The molecule has 0 amide bonds. The van der Waals surface area contributed by atoms with Gasteiger partial charge in [0.15, 0.2) is 0 Å². The van der Waals surface area contributed by atoms with Crippen molar-refractivity contribution in [1.29, 1.82) is 0 Å². The van der Waals surface area contributed by atoms with Gasteiger partial charge in [0.05, 0.1) is 5.69 Å². The zero-order valence-electron chi connectivity index (χ0n) is 11.8. The van der Waals surface area contributed by atoms with E-state index in [0.29, 0.717) is 12.0 Å². The van der Waals surface area contributed by atoms with E-state index < -0.39 is 0 Å². The molecule has 1 aliphatic rings. The third-order valence-electron chi connectivity index (χ3n) is 3.69. The molecule has 5 heteroatoms. The van der Waals surface area contributed by atoms with Crippen LogP contribution in [0, 0.1) is 6.92 Å². The minimum Gasteiger partial charge on any atom is -0.368 e. The number of nitrogens with one attached hydrogen (secondary N) is 1. The van der Waals surface area contributed by atoms with Gasteiger partial charge in [-0.2, -0.15) is 4.98 Å². The lowest BCUT2D eigenvalue weighted by Gasteiger charge is -2.40. The molecule has 0 spiro atoms. The number of nitrogens with zero attached hydrogens (tertiary/aromatic N) is 3. The van der Waals surface area contributed by atoms with Crippen molar-refractivity contribution >= 4 is 11.8 Å². The summed E-state index contributed by atoms with van der Waals surface area (Å²) >= 11 is 0. The van der Waals surface area contributed by atoms with Gasteiger partial charge in [-0.1, -0.05) is 29.8 Å². The second-order valence-electron chi connectivity index (χ2n) is 5.23. The van der Waals surface area contributed by atoms with Crippen LogP contribution in [0.1, 0.15) is 5.56 Å². The van der Waals surface area contributed by atoms with Gasteiger partial charge in [-0.15, -0.1) is 0 Å². The van der Waals surface area contributed by atoms with E-state index in [0.717, 1.165) is 30.2 Å². The SMILES string of the molecule is CNC1CN(c2cc(-c3ccc(C)cc3)nc(N)n2)C1. The molecule has 104 valence electrons. The Hall–Kier alpha value is -2.14. The Kier molecular flexibility index (Phi) is 3.28. The fourth-order valence-electron chi connectivity index (χ4n) is 2.34. The fraction of sp³-hybridized carbons (Fsp3) is 0.333. The van der Waals surface area contributed by atoms with Crippen molar-refractivity contribution in [2.45, 2.75) is 13.0 Å². The predicted octanol–water partition coefficient (Wildman–Crippen LogP) is 1.44. The molecule has 0 bridgehead atoms. The molecule has 3 rings (SSSR count). The molecule has 1 aromatic carbocycles. The Bertz CT molecular complexity index is 602. The summed E-state index contributed by atoms with van der Waals surface area (Å²) < 4.78 is 0. The first-order valence-corrected chi connectivity index (χ1v) is 6.79. The summed E-state index contributed by atoms with van der Waals surface area (Å²) in [5.74, 6) is 1.23. The van der Waals surface area contributed by atoms with Crippen LogP contribution < -0.4 is 16.0 Å². The van der Waals surface area contributed by atoms with Crippen molar-refractivity contribution in [1.82, 2.24) is 15.3 Å². The number of likely N-dealkylation sites (N-methyl/N-ethyl adjacent to an activating group) is 1. The quantitative estimate of drug-likeness (QED) is 0.882. The highest BCUT2D eigenvalue weighted by atomic mass is 15.3. The maximum absolute atomic E-state index is 5.85. The van der Waals surface area contributed by atoms with E-state index in [2.05, 4.69) is 51.4 Å². The van der Waals surface area contributed by atoms with E-state index in [1.54, 1.807) is 0 Å². The zero-order chi connectivity index (χ0) is 14.1. The van der Waals surface area contributed by atoms with Gasteiger partial charge < -0.3 is 16.0 Å². The maximum atomic E-state index is 5.85. The van der Waals surface area contributed by atoms with Crippen LogP contribution in [0.4, 0.5) is 11.8 Å². The maximum Gasteiger partial charge on any atom is 0.222 e. The summed E-state index contributed by atoms with van der Waals surface area (Å²) in [6, 6.07) is 10.8. The minimum atomic E-state index is 0.325. The minimum absolute atomic E-state index is 0.325. The van der Waals surface area contributed by atoms with Crippen LogP contribution in [-0.2, 0) is 0 Å². The molecular formula is C15H19N5. The molecule has 2 heterocycles. The first kappa shape index (κ1) is 12.9. The molecule has 3 N–H and O–H groups in total. The van der Waals surface area contributed by atoms with Crippen molar-refractivity contribution in [3.05, 3.63) is 35.9 Å². The molecule has 0 unspecified atom stereocenters. The van der Waals surface area contributed by atoms with Crippen molar-refractivity contribution < 1.29 is 0 Å². The number of rotatable bonds is 3. The Morgan fingerprint density at radius 3 is 2.55 bits per heavy atom. The van der Waals surface area contributed by atoms with E-state index in [4.69, 9.17) is 5.73 Å². The molecule has 1 saturated heterocycles. The first-order valence-electron chi connectivity index (χ1n) is 6.79. The summed E-state index contributed by atoms with van der Waals surface area (Å²) in [4.78, 5) is 10.9. The normalized spacial score (nSPS) is 15.2. The van der Waals surface area contributed by atoms with Crippen LogP contribution >= 0.6 is 0 Å². The molecule has 20 heavy (non-hydrogen) atoms. The highest BCUT2D eigenvalue weighted by Crippen LogP contribution is 2.25. The van der Waals surface area contributed by atoms with Gasteiger partial charge in [-0.3, -0.25) is 0 Å². The summed E-state index contributed by atoms with van der Waals surface area (Å²) in [6.45, 7) is 3.99. The Balaban J connectivity index is 1.89. The molecule has 0 aliphatic carbocycles. The average Bonchev–Trinajstić information content (AvgIpc) is 2.37. The molecule has 0 atom stereocenters. The second kappa shape index (κ2) is 5.09. The number of nitrogen functional groups attached to an aromatic ring is 1. The highest BCUT2D eigenvalue weighted by molar-refractivity contribution is 5.65. The molecule has 2 aromatic rings. The summed E-state index contributed by atoms with van der Waals surface area (Å²) in [5, 5.41) is 3.25. The van der Waals surface area contributed by atoms with Gasteiger partial charge in [-0.05, 0) is 14.0 Å². The van der Waals surface area contributed by atoms with E-state index in [1.807, 2.05) is 13.1 Å². The van der Waals surface area contributed by atoms with Crippen LogP contribution in [0.3, 0.4) is 0 Å². The lowest BCUT2D eigenvalue weighted by Crippen LogP contribution is -2.57. The summed E-state index contributed by atoms with van der Waals surface area (Å²) in [7, 11) is 1.98. The Labute approximate surface area is 118 Å². The predicted molar refractivity (Wildman–Crippen MR) is 81.7 cm³/mol. The van der Waals surface area contributed by atoms with Crippen LogP contribution in [0.25, 0.3) is 11.3 Å². The van der Waals surface area contributed by atoms with Crippen molar-refractivity contribution in [3.63, 3.8) is 0 Å². The summed E-state index contributed by atoms with van der Waals surface area (Å²) in [6.07, 6.45) is 0. The lowest BCUT2D eigenvalue weighted by molar-refractivity contribution is 0.447. The van der Waals surface area contributed by atoms with Gasteiger partial charge in [-0.25, -0.2) is 4.98 Å².